The summed E-state index contributed by atoms with van der Waals surface area (Å²) in [5.41, 5.74) is 11.2. The first kappa shape index (κ1) is 35.3. The second kappa shape index (κ2) is 18.6. The number of carbonyl (C=O) groups excluding carboxylic acids is 5. The average molecular weight is 591 g/mol. The predicted octanol–water partition coefficient (Wildman–Crippen LogP) is -0.820. The van der Waals surface area contributed by atoms with E-state index in [4.69, 9.17) is 16.6 Å². The fraction of sp³-hybridized carbons (Fsp3) is 0.519. The number of hydrogen-bond acceptors (Lipinski definition) is 7. The summed E-state index contributed by atoms with van der Waals surface area (Å²) in [6.45, 7) is 4.50. The van der Waals surface area contributed by atoms with E-state index in [0.717, 1.165) is 0 Å². The van der Waals surface area contributed by atoms with Gasteiger partial charge in [-0.15, -0.1) is 0 Å². The fourth-order valence-electron chi connectivity index (χ4n) is 3.78. The summed E-state index contributed by atoms with van der Waals surface area (Å²) in [5.74, 6) is -4.66. The number of nitrogens with zero attached hydrogens (tertiary/aromatic N) is 1. The summed E-state index contributed by atoms with van der Waals surface area (Å²) in [7, 11) is 0. The Bertz CT molecular complexity index is 1110. The molecule has 10 N–H and O–H groups in total. The quantitative estimate of drug-likeness (QED) is 0.0603. The van der Waals surface area contributed by atoms with Crippen molar-refractivity contribution in [1.82, 2.24) is 21.3 Å². The van der Waals surface area contributed by atoms with Crippen LogP contribution < -0.4 is 38.1 Å². The van der Waals surface area contributed by atoms with Crippen molar-refractivity contribution >= 4 is 47.2 Å². The lowest BCUT2D eigenvalue weighted by molar-refractivity contribution is -0.138. The van der Waals surface area contributed by atoms with Gasteiger partial charge in [0.25, 0.3) is 0 Å². The van der Waals surface area contributed by atoms with Crippen LogP contribution in [0.1, 0.15) is 52.9 Å². The number of carboxylic acids is 1. The summed E-state index contributed by atoms with van der Waals surface area (Å²) in [4.78, 5) is 78.0. The van der Waals surface area contributed by atoms with Crippen LogP contribution in [-0.2, 0) is 28.8 Å². The Balaban J connectivity index is 2.90. The number of anilines is 1. The molecule has 0 saturated heterocycles. The minimum atomic E-state index is -1.29. The zero-order chi connectivity index (χ0) is 31.7. The van der Waals surface area contributed by atoms with Crippen molar-refractivity contribution < 1.29 is 33.9 Å². The SMILES string of the molecule is CC[C@H](C)[C@H](NC(C)=O)C(=O)N[C@@H](CCC(=O)O)C(=O)NCC(=O)N[C@@H](CCCN=C(N)N)C(=O)Nc1ccccc1. The molecular formula is C27H42N8O7. The first-order valence-electron chi connectivity index (χ1n) is 13.6. The standard InChI is InChI=1S/C27H42N8O7/c1-4-16(2)23(32-17(3)36)26(42)35-20(12-13-22(38)39)24(40)31-15-21(37)34-19(11-8-14-30-27(28)29)25(41)33-18-9-6-5-7-10-18/h5-7,9-10,16,19-20,23H,4,8,11-15H2,1-3H3,(H,31,40)(H,32,36)(H,33,41)(H,34,37)(H,35,42)(H,38,39)(H4,28,29,30)/t16-,19-,20-,23-/m0/s1. The number of hydrogen-bond donors (Lipinski definition) is 8. The van der Waals surface area contributed by atoms with Crippen LogP contribution in [0, 0.1) is 5.92 Å². The van der Waals surface area contributed by atoms with E-state index in [0.29, 0.717) is 18.5 Å². The van der Waals surface area contributed by atoms with Gasteiger partial charge in [-0.3, -0.25) is 33.8 Å². The van der Waals surface area contributed by atoms with Crippen molar-refractivity contribution in [3.8, 4) is 0 Å². The van der Waals surface area contributed by atoms with E-state index in [1.807, 2.05) is 6.92 Å². The summed E-state index contributed by atoms with van der Waals surface area (Å²) >= 11 is 0. The molecule has 1 aromatic rings. The number of carboxylic acid groups (broad SMARTS) is 1. The first-order valence-corrected chi connectivity index (χ1v) is 13.6. The summed E-state index contributed by atoms with van der Waals surface area (Å²) in [5, 5.41) is 21.8. The van der Waals surface area contributed by atoms with Crippen LogP contribution in [0.25, 0.3) is 0 Å². The summed E-state index contributed by atoms with van der Waals surface area (Å²) < 4.78 is 0. The largest absolute Gasteiger partial charge is 0.481 e. The topological polar surface area (TPSA) is 247 Å². The highest BCUT2D eigenvalue weighted by Gasteiger charge is 2.30. The Hall–Kier alpha value is -4.69. The number of aliphatic imine (C=N–C) groups is 1. The van der Waals surface area contributed by atoms with Gasteiger partial charge in [0.15, 0.2) is 5.96 Å². The van der Waals surface area contributed by atoms with Gasteiger partial charge in [0.1, 0.15) is 18.1 Å². The molecule has 232 valence electrons. The summed E-state index contributed by atoms with van der Waals surface area (Å²) in [6, 6.07) is 5.39. The van der Waals surface area contributed by atoms with Crippen molar-refractivity contribution in [2.45, 2.75) is 71.0 Å². The maximum Gasteiger partial charge on any atom is 0.303 e. The highest BCUT2D eigenvalue weighted by atomic mass is 16.4. The molecule has 0 radical (unpaired) electrons. The van der Waals surface area contributed by atoms with Crippen LogP contribution in [0.4, 0.5) is 5.69 Å². The fourth-order valence-corrected chi connectivity index (χ4v) is 3.78. The van der Waals surface area contributed by atoms with Gasteiger partial charge in [-0.25, -0.2) is 0 Å². The number of aliphatic carboxylic acids is 1. The van der Waals surface area contributed by atoms with E-state index in [2.05, 4.69) is 31.6 Å². The Labute approximate surface area is 244 Å². The Morgan fingerprint density at radius 3 is 2.12 bits per heavy atom. The van der Waals surface area contributed by atoms with Crippen molar-refractivity contribution in [1.29, 1.82) is 0 Å². The molecule has 4 atom stereocenters. The van der Waals surface area contributed by atoms with Crippen LogP contribution in [0.15, 0.2) is 35.3 Å². The van der Waals surface area contributed by atoms with Crippen LogP contribution in [-0.4, -0.2) is 77.8 Å². The molecule has 0 unspecified atom stereocenters. The normalized spacial score (nSPS) is 13.3. The van der Waals surface area contributed by atoms with Gasteiger partial charge in [0.2, 0.25) is 29.5 Å². The van der Waals surface area contributed by atoms with E-state index < -0.39 is 66.6 Å². The van der Waals surface area contributed by atoms with Crippen molar-refractivity contribution in [3.05, 3.63) is 30.3 Å². The van der Waals surface area contributed by atoms with Crippen LogP contribution in [0.3, 0.4) is 0 Å². The molecule has 15 heteroatoms. The first-order chi connectivity index (χ1) is 19.8. The molecule has 0 aliphatic carbocycles. The maximum atomic E-state index is 12.9. The van der Waals surface area contributed by atoms with Crippen LogP contribution >= 0.6 is 0 Å². The number of rotatable bonds is 18. The molecular weight excluding hydrogens is 548 g/mol. The molecule has 42 heavy (non-hydrogen) atoms. The van der Waals surface area contributed by atoms with Crippen molar-refractivity contribution in [2.75, 3.05) is 18.4 Å². The van der Waals surface area contributed by atoms with Crippen molar-refractivity contribution in [3.63, 3.8) is 0 Å². The zero-order valence-electron chi connectivity index (χ0n) is 24.1. The van der Waals surface area contributed by atoms with E-state index in [-0.39, 0.29) is 31.3 Å². The molecule has 5 amide bonds. The Kier molecular flexibility index (Phi) is 15.7. The van der Waals surface area contributed by atoms with Gasteiger partial charge >= 0.3 is 5.97 Å². The van der Waals surface area contributed by atoms with Gasteiger partial charge < -0.3 is 43.2 Å². The molecule has 0 saturated carbocycles. The third kappa shape index (κ3) is 14.1. The van der Waals surface area contributed by atoms with E-state index in [1.54, 1.807) is 37.3 Å². The van der Waals surface area contributed by atoms with E-state index >= 15 is 0 Å². The van der Waals surface area contributed by atoms with Gasteiger partial charge in [0, 0.05) is 25.6 Å². The highest BCUT2D eigenvalue weighted by molar-refractivity contribution is 5.98. The third-order valence-corrected chi connectivity index (χ3v) is 6.20. The van der Waals surface area contributed by atoms with Gasteiger partial charge in [-0.1, -0.05) is 38.5 Å². The smallest absolute Gasteiger partial charge is 0.303 e. The lowest BCUT2D eigenvalue weighted by atomic mass is 9.97. The second-order valence-electron chi connectivity index (χ2n) is 9.70. The molecule has 1 aromatic carbocycles. The molecule has 1 rings (SSSR count). The minimum Gasteiger partial charge on any atom is -0.481 e. The number of para-hydroxylation sites is 1. The Morgan fingerprint density at radius 2 is 1.55 bits per heavy atom. The number of guanidine groups is 1. The van der Waals surface area contributed by atoms with Crippen LogP contribution in [0.5, 0.6) is 0 Å². The highest BCUT2D eigenvalue weighted by Crippen LogP contribution is 2.10. The van der Waals surface area contributed by atoms with E-state index in [9.17, 15) is 28.8 Å². The number of nitrogens with one attached hydrogen (secondary N) is 5. The molecule has 15 nitrogen and oxygen atoms in total. The predicted molar refractivity (Wildman–Crippen MR) is 156 cm³/mol. The van der Waals surface area contributed by atoms with Crippen LogP contribution in [0.2, 0.25) is 0 Å². The lowest BCUT2D eigenvalue weighted by Gasteiger charge is -2.26. The van der Waals surface area contributed by atoms with Crippen molar-refractivity contribution in [2.24, 2.45) is 22.4 Å². The molecule has 0 spiro atoms. The monoisotopic (exact) mass is 590 g/mol. The second-order valence-corrected chi connectivity index (χ2v) is 9.70. The molecule has 0 heterocycles. The third-order valence-electron chi connectivity index (χ3n) is 6.20. The average Bonchev–Trinajstić information content (AvgIpc) is 2.93. The molecule has 0 aromatic heterocycles. The number of benzene rings is 1. The lowest BCUT2D eigenvalue weighted by Crippen LogP contribution is -2.56. The zero-order valence-corrected chi connectivity index (χ0v) is 24.1. The number of carbonyl (C=O) groups is 6. The molecule has 0 fully saturated rings. The van der Waals surface area contributed by atoms with E-state index in [1.165, 1.54) is 6.92 Å². The Morgan fingerprint density at radius 1 is 0.905 bits per heavy atom. The summed E-state index contributed by atoms with van der Waals surface area (Å²) in [6.07, 6.45) is 0.416. The molecule has 0 aliphatic heterocycles. The maximum absolute atomic E-state index is 12.9. The van der Waals surface area contributed by atoms with Gasteiger partial charge in [-0.05, 0) is 37.3 Å². The van der Waals surface area contributed by atoms with Gasteiger partial charge in [-0.2, -0.15) is 0 Å². The van der Waals surface area contributed by atoms with Gasteiger partial charge in [0.05, 0.1) is 6.54 Å². The molecule has 0 aliphatic rings. The molecule has 0 bridgehead atoms. The number of nitrogens with two attached hydrogens (primary N) is 2. The number of amides is 5. The minimum absolute atomic E-state index is 0.107.